The van der Waals surface area contributed by atoms with Gasteiger partial charge in [-0.15, -0.1) is 0 Å². The summed E-state index contributed by atoms with van der Waals surface area (Å²) < 4.78 is 26.2. The highest BCUT2D eigenvalue weighted by atomic mass is 19.1. The van der Waals surface area contributed by atoms with Gasteiger partial charge in [0.1, 0.15) is 17.7 Å². The average molecular weight is 426 g/mol. The molecule has 0 aliphatic carbocycles. The lowest BCUT2D eigenvalue weighted by Gasteiger charge is -2.31. The quantitative estimate of drug-likeness (QED) is 0.745. The van der Waals surface area contributed by atoms with E-state index in [0.717, 1.165) is 11.1 Å². The van der Waals surface area contributed by atoms with Crippen LogP contribution in [-0.2, 0) is 9.59 Å². The van der Waals surface area contributed by atoms with Crippen molar-refractivity contribution in [3.05, 3.63) is 83.7 Å². The second-order valence-corrected chi connectivity index (χ2v) is 7.81. The van der Waals surface area contributed by atoms with Crippen molar-refractivity contribution in [3.8, 4) is 0 Å². The van der Waals surface area contributed by atoms with Crippen LogP contribution in [0.1, 0.15) is 43.0 Å². The van der Waals surface area contributed by atoms with Crippen LogP contribution in [0.3, 0.4) is 0 Å². The molecule has 162 valence electrons. The highest BCUT2D eigenvalue weighted by molar-refractivity contribution is 5.85. The number of benzene rings is 2. The van der Waals surface area contributed by atoms with Crippen LogP contribution in [0, 0.1) is 11.6 Å². The number of halogens is 2. The fraction of sp³-hybridized carbons (Fsp3) is 0.304. The Hall–Kier alpha value is -3.26. The van der Waals surface area contributed by atoms with Gasteiger partial charge in [-0.25, -0.2) is 14.2 Å². The number of nitrogens with one attached hydrogen (secondary N) is 2. The van der Waals surface area contributed by atoms with Crippen LogP contribution in [0.15, 0.2) is 60.9 Å². The number of fused-ring (bicyclic) bond motifs is 1. The van der Waals surface area contributed by atoms with E-state index in [9.17, 15) is 18.4 Å². The van der Waals surface area contributed by atoms with Gasteiger partial charge in [-0.2, -0.15) is 0 Å². The molecule has 2 aliphatic heterocycles. The Bertz CT molecular complexity index is 978. The molecular weight excluding hydrogens is 402 g/mol. The Morgan fingerprint density at radius 1 is 1.10 bits per heavy atom. The normalized spacial score (nSPS) is 21.2. The van der Waals surface area contributed by atoms with Crippen molar-refractivity contribution >= 4 is 11.8 Å². The van der Waals surface area contributed by atoms with E-state index in [4.69, 9.17) is 0 Å². The monoisotopic (exact) mass is 426 g/mol. The van der Waals surface area contributed by atoms with Gasteiger partial charge in [-0.05, 0) is 48.7 Å². The van der Waals surface area contributed by atoms with E-state index < -0.39 is 0 Å². The molecule has 6 nitrogen and oxygen atoms in total. The number of hydrogen-bond donors (Lipinski definition) is 2. The van der Waals surface area contributed by atoms with Gasteiger partial charge in [0.15, 0.2) is 0 Å². The van der Waals surface area contributed by atoms with E-state index in [-0.39, 0.29) is 54.5 Å². The summed E-state index contributed by atoms with van der Waals surface area (Å²) in [6.45, 7) is 2.09. The smallest absolute Gasteiger partial charge is 0.250 e. The molecule has 0 radical (unpaired) electrons. The molecule has 8 heteroatoms. The topological polar surface area (TPSA) is 64.7 Å². The Morgan fingerprint density at radius 2 is 1.74 bits per heavy atom. The predicted octanol–water partition coefficient (Wildman–Crippen LogP) is 3.17. The number of hydrazine groups is 1. The van der Waals surface area contributed by atoms with E-state index in [1.165, 1.54) is 24.3 Å². The number of carbonyl (C=O) groups is 2. The summed E-state index contributed by atoms with van der Waals surface area (Å²) in [7, 11) is 0. The fourth-order valence-corrected chi connectivity index (χ4v) is 3.90. The molecule has 3 unspecified atom stereocenters. The van der Waals surface area contributed by atoms with Gasteiger partial charge in [-0.3, -0.25) is 9.59 Å². The molecule has 1 saturated heterocycles. The second kappa shape index (κ2) is 8.85. The number of amides is 2. The summed E-state index contributed by atoms with van der Waals surface area (Å²) >= 11 is 0. The summed E-state index contributed by atoms with van der Waals surface area (Å²) in [6.07, 6.45) is 4.16. The molecule has 2 aliphatic rings. The highest BCUT2D eigenvalue weighted by Crippen LogP contribution is 2.30. The Labute approximate surface area is 179 Å². The zero-order valence-electron chi connectivity index (χ0n) is 17.1. The summed E-state index contributed by atoms with van der Waals surface area (Å²) in [6, 6.07) is 11.5. The molecule has 0 bridgehead atoms. The summed E-state index contributed by atoms with van der Waals surface area (Å²) in [4.78, 5) is 26.8. The zero-order valence-corrected chi connectivity index (χ0v) is 17.1. The maximum Gasteiger partial charge on any atom is 0.250 e. The molecule has 0 spiro atoms. The fourth-order valence-electron chi connectivity index (χ4n) is 3.90. The number of rotatable bonds is 6. The molecule has 31 heavy (non-hydrogen) atoms. The van der Waals surface area contributed by atoms with Gasteiger partial charge in [0, 0.05) is 25.4 Å². The lowest BCUT2D eigenvalue weighted by atomic mass is 10.0. The molecule has 1 fully saturated rings. The van der Waals surface area contributed by atoms with Crippen LogP contribution < -0.4 is 10.7 Å². The van der Waals surface area contributed by atoms with Crippen LogP contribution in [0.5, 0.6) is 0 Å². The first-order valence-corrected chi connectivity index (χ1v) is 10.2. The van der Waals surface area contributed by atoms with Gasteiger partial charge in [-0.1, -0.05) is 24.3 Å². The van der Waals surface area contributed by atoms with E-state index in [1.807, 2.05) is 6.92 Å². The van der Waals surface area contributed by atoms with Gasteiger partial charge in [0.05, 0.1) is 12.1 Å². The van der Waals surface area contributed by atoms with E-state index in [1.54, 1.807) is 46.6 Å². The van der Waals surface area contributed by atoms with Crippen LogP contribution in [0.25, 0.3) is 0 Å². The molecule has 2 amide bonds. The first-order valence-electron chi connectivity index (χ1n) is 10.2. The summed E-state index contributed by atoms with van der Waals surface area (Å²) in [5.74, 6) is -0.892. The minimum Gasteiger partial charge on any atom is -0.350 e. The van der Waals surface area contributed by atoms with Gasteiger partial charge < -0.3 is 15.2 Å². The molecule has 4 rings (SSSR count). The minimum absolute atomic E-state index is 0.0843. The second-order valence-electron chi connectivity index (χ2n) is 7.81. The summed E-state index contributed by atoms with van der Waals surface area (Å²) in [5, 5.41) is 4.64. The molecule has 2 heterocycles. The van der Waals surface area contributed by atoms with Crippen LogP contribution in [0.2, 0.25) is 0 Å². The Morgan fingerprint density at radius 3 is 2.42 bits per heavy atom. The Balaban J connectivity index is 1.30. The molecule has 2 N–H and O–H groups in total. The summed E-state index contributed by atoms with van der Waals surface area (Å²) in [5.41, 5.74) is 4.99. The number of nitrogens with zero attached hydrogens (tertiary/aromatic N) is 2. The van der Waals surface area contributed by atoms with Gasteiger partial charge in [0.25, 0.3) is 5.91 Å². The highest BCUT2D eigenvalue weighted by Gasteiger charge is 2.39. The van der Waals surface area contributed by atoms with Crippen LogP contribution >= 0.6 is 0 Å². The largest absolute Gasteiger partial charge is 0.350 e. The standard InChI is InChI=1S/C23H24F2N4O2/c1-15(16-2-6-18(24)7-3-16)26-22(30)10-11-28-12-13-29-21(23(28)31)14-20(27-29)17-4-8-19(25)9-5-17/h2-9,12-13,15,20-21,27H,10-11,14H2,1H3,(H,26,30). The lowest BCUT2D eigenvalue weighted by molar-refractivity contribution is -0.134. The van der Waals surface area contributed by atoms with E-state index >= 15 is 0 Å². The molecule has 3 atom stereocenters. The molecule has 2 aromatic carbocycles. The Kier molecular flexibility index (Phi) is 5.99. The van der Waals surface area contributed by atoms with Gasteiger partial charge >= 0.3 is 0 Å². The van der Waals surface area contributed by atoms with Crippen molar-refractivity contribution in [1.82, 2.24) is 20.7 Å². The average Bonchev–Trinajstić information content (AvgIpc) is 3.19. The first kappa shape index (κ1) is 21.0. The van der Waals surface area contributed by atoms with Crippen molar-refractivity contribution in [1.29, 1.82) is 0 Å². The van der Waals surface area contributed by atoms with Crippen molar-refractivity contribution in [2.75, 3.05) is 6.54 Å². The third-order valence-electron chi connectivity index (χ3n) is 5.67. The SMILES string of the molecule is CC(NC(=O)CCN1C=CN2NC(c3ccc(F)cc3)CC2C1=O)c1ccc(F)cc1. The molecule has 0 aromatic heterocycles. The van der Waals surface area contributed by atoms with Crippen molar-refractivity contribution in [3.63, 3.8) is 0 Å². The molecule has 0 saturated carbocycles. The zero-order chi connectivity index (χ0) is 22.0. The number of hydrogen-bond acceptors (Lipinski definition) is 4. The van der Waals surface area contributed by atoms with E-state index in [2.05, 4.69) is 10.7 Å². The van der Waals surface area contributed by atoms with Crippen molar-refractivity contribution in [2.24, 2.45) is 0 Å². The predicted molar refractivity (Wildman–Crippen MR) is 111 cm³/mol. The van der Waals surface area contributed by atoms with Crippen LogP contribution in [-0.4, -0.2) is 34.3 Å². The van der Waals surface area contributed by atoms with Crippen molar-refractivity contribution < 1.29 is 18.4 Å². The maximum atomic E-state index is 13.2. The van der Waals surface area contributed by atoms with E-state index in [0.29, 0.717) is 6.42 Å². The molecule has 2 aromatic rings. The third kappa shape index (κ3) is 4.74. The molecular formula is C23H24F2N4O2. The maximum absolute atomic E-state index is 13.2. The van der Waals surface area contributed by atoms with Gasteiger partial charge in [0.2, 0.25) is 5.91 Å². The third-order valence-corrected chi connectivity index (χ3v) is 5.67. The minimum atomic E-state index is -0.374. The van der Waals surface area contributed by atoms with Crippen LogP contribution in [0.4, 0.5) is 8.78 Å². The van der Waals surface area contributed by atoms with Crippen molar-refractivity contribution in [2.45, 2.75) is 37.9 Å². The lowest BCUT2D eigenvalue weighted by Crippen LogP contribution is -2.48. The first-order chi connectivity index (χ1) is 14.9. The number of carbonyl (C=O) groups excluding carboxylic acids is 2.